The summed E-state index contributed by atoms with van der Waals surface area (Å²) in [7, 11) is 1.72. The zero-order valence-corrected chi connectivity index (χ0v) is 16.9. The molecule has 0 amide bonds. The largest absolute Gasteiger partial charge is 0.490 e. The maximum absolute atomic E-state index is 11.8. The third kappa shape index (κ3) is 7.86. The number of nitrogens with one attached hydrogen (secondary N) is 2. The highest BCUT2D eigenvalue weighted by atomic mass is 19.4. The second-order valence-electron chi connectivity index (χ2n) is 6.36. The van der Waals surface area contributed by atoms with Gasteiger partial charge in [-0.2, -0.15) is 18.2 Å². The first kappa shape index (κ1) is 25.8. The van der Waals surface area contributed by atoms with E-state index >= 15 is 0 Å². The van der Waals surface area contributed by atoms with Gasteiger partial charge in [-0.15, -0.1) is 0 Å². The summed E-state index contributed by atoms with van der Waals surface area (Å²) in [6.07, 6.45) is -3.64. The van der Waals surface area contributed by atoms with Crippen molar-refractivity contribution >= 4 is 29.1 Å². The highest BCUT2D eigenvalue weighted by Gasteiger charge is 2.38. The standard InChI is InChI=1S/C14H22N6O4.C2HF3O2/c1-8(2)9(16-3)13(22)24-5-4-23-7-20-6-17-10-11(20)18-14(15)19-12(10)21;3-2(4,5)1(6)7/h6,8-9,16H,4-5,7H2,1-3H3,(H3,15,18,19,21);(H,6,7)/t9-;/m0./s1. The van der Waals surface area contributed by atoms with E-state index in [1.807, 2.05) is 13.8 Å². The lowest BCUT2D eigenvalue weighted by Gasteiger charge is -2.18. The van der Waals surface area contributed by atoms with Crippen LogP contribution in [0.15, 0.2) is 11.1 Å². The fraction of sp³-hybridized carbons (Fsp3) is 0.562. The van der Waals surface area contributed by atoms with Gasteiger partial charge in [-0.05, 0) is 13.0 Å². The van der Waals surface area contributed by atoms with E-state index in [0.29, 0.717) is 5.65 Å². The number of carbonyl (C=O) groups is 2. The Balaban J connectivity index is 0.000000592. The molecule has 12 nitrogen and oxygen atoms in total. The number of carboxylic acid groups (broad SMARTS) is 1. The highest BCUT2D eigenvalue weighted by molar-refractivity contribution is 5.76. The van der Waals surface area contributed by atoms with Crippen molar-refractivity contribution in [2.75, 3.05) is 26.0 Å². The molecule has 0 spiro atoms. The SMILES string of the molecule is CN[C@H](C(=O)OCCOCn1cnc2c(=O)[nH]c(N)nc21)C(C)C.O=C(O)C(F)(F)F. The number of likely N-dealkylation sites (N-methyl/N-ethyl adjacent to an activating group) is 1. The van der Waals surface area contributed by atoms with E-state index in [2.05, 4.69) is 20.3 Å². The molecule has 15 heteroatoms. The number of nitrogen functional groups attached to an aromatic ring is 1. The minimum absolute atomic E-state index is 0.00923. The minimum Gasteiger partial charge on any atom is -0.475 e. The molecule has 2 rings (SSSR count). The van der Waals surface area contributed by atoms with Crippen LogP contribution >= 0.6 is 0 Å². The van der Waals surface area contributed by atoms with E-state index in [1.165, 1.54) is 6.33 Å². The number of carbonyl (C=O) groups excluding carboxylic acids is 1. The second-order valence-corrected chi connectivity index (χ2v) is 6.36. The van der Waals surface area contributed by atoms with Crippen molar-refractivity contribution in [3.05, 3.63) is 16.7 Å². The maximum atomic E-state index is 11.8. The molecule has 0 unspecified atom stereocenters. The van der Waals surface area contributed by atoms with E-state index in [4.69, 9.17) is 25.1 Å². The van der Waals surface area contributed by atoms with Crippen LogP contribution in [0.3, 0.4) is 0 Å². The molecule has 0 saturated heterocycles. The number of halogens is 3. The van der Waals surface area contributed by atoms with E-state index in [-0.39, 0.29) is 49.3 Å². The number of aliphatic carboxylic acids is 1. The molecule has 0 aliphatic heterocycles. The van der Waals surface area contributed by atoms with Gasteiger partial charge in [0.05, 0.1) is 12.9 Å². The summed E-state index contributed by atoms with van der Waals surface area (Å²) in [5.41, 5.74) is 5.64. The van der Waals surface area contributed by atoms with E-state index < -0.39 is 17.7 Å². The Bertz CT molecular complexity index is 942. The topological polar surface area (TPSA) is 174 Å². The molecule has 0 aliphatic carbocycles. The number of nitrogens with zero attached hydrogens (tertiary/aromatic N) is 3. The van der Waals surface area contributed by atoms with E-state index in [1.54, 1.807) is 11.6 Å². The summed E-state index contributed by atoms with van der Waals surface area (Å²) >= 11 is 0. The molecule has 1 atom stereocenters. The number of esters is 1. The van der Waals surface area contributed by atoms with Crippen LogP contribution in [0.1, 0.15) is 13.8 Å². The van der Waals surface area contributed by atoms with Crippen LogP contribution in [0.2, 0.25) is 0 Å². The smallest absolute Gasteiger partial charge is 0.475 e. The van der Waals surface area contributed by atoms with Crippen molar-refractivity contribution in [3.8, 4) is 0 Å². The number of anilines is 1. The maximum Gasteiger partial charge on any atom is 0.490 e. The summed E-state index contributed by atoms with van der Waals surface area (Å²) in [5, 5.41) is 10.0. The first-order valence-corrected chi connectivity index (χ1v) is 8.80. The lowest BCUT2D eigenvalue weighted by Crippen LogP contribution is -2.40. The van der Waals surface area contributed by atoms with E-state index in [0.717, 1.165) is 0 Å². The molecule has 2 aromatic heterocycles. The molecule has 0 fully saturated rings. The predicted molar refractivity (Wildman–Crippen MR) is 101 cm³/mol. The van der Waals surface area contributed by atoms with Gasteiger partial charge in [0.15, 0.2) is 11.2 Å². The van der Waals surface area contributed by atoms with Crippen molar-refractivity contribution in [1.29, 1.82) is 0 Å². The third-order valence-corrected chi connectivity index (χ3v) is 3.67. The van der Waals surface area contributed by atoms with Gasteiger partial charge in [0.1, 0.15) is 19.4 Å². The molecule has 0 saturated carbocycles. The molecule has 31 heavy (non-hydrogen) atoms. The van der Waals surface area contributed by atoms with Crippen LogP contribution in [0.4, 0.5) is 19.1 Å². The predicted octanol–water partition coefficient (Wildman–Crippen LogP) is 0.0964. The first-order chi connectivity index (χ1) is 14.4. The Labute approximate surface area is 173 Å². The lowest BCUT2D eigenvalue weighted by atomic mass is 10.1. The molecular formula is C16H23F3N6O6. The van der Waals surface area contributed by atoms with Gasteiger partial charge < -0.3 is 25.6 Å². The number of hydrogen-bond donors (Lipinski definition) is 4. The number of rotatable bonds is 8. The average Bonchev–Trinajstić information content (AvgIpc) is 3.04. The third-order valence-electron chi connectivity index (χ3n) is 3.67. The fourth-order valence-corrected chi connectivity index (χ4v) is 2.24. The van der Waals surface area contributed by atoms with Gasteiger partial charge in [0, 0.05) is 0 Å². The number of carboxylic acids is 1. The Hall–Kier alpha value is -3.20. The minimum atomic E-state index is -5.08. The number of fused-ring (bicyclic) bond motifs is 1. The van der Waals surface area contributed by atoms with Crippen LogP contribution in [0.5, 0.6) is 0 Å². The monoisotopic (exact) mass is 452 g/mol. The molecule has 0 radical (unpaired) electrons. The molecule has 2 aromatic rings. The number of imidazole rings is 1. The van der Waals surface area contributed by atoms with Crippen LogP contribution < -0.4 is 16.6 Å². The lowest BCUT2D eigenvalue weighted by molar-refractivity contribution is -0.192. The summed E-state index contributed by atoms with van der Waals surface area (Å²) in [5.74, 6) is -2.93. The van der Waals surface area contributed by atoms with Crippen molar-refractivity contribution in [3.63, 3.8) is 0 Å². The fourth-order valence-electron chi connectivity index (χ4n) is 2.24. The molecule has 2 heterocycles. The highest BCUT2D eigenvalue weighted by Crippen LogP contribution is 2.13. The summed E-state index contributed by atoms with van der Waals surface area (Å²) in [6, 6.07) is -0.346. The molecule has 0 bridgehead atoms. The van der Waals surface area contributed by atoms with Crippen molar-refractivity contribution in [2.24, 2.45) is 5.92 Å². The van der Waals surface area contributed by atoms with Gasteiger partial charge in [-0.1, -0.05) is 13.8 Å². The molecule has 5 N–H and O–H groups in total. The second kappa shape index (κ2) is 11.3. The van der Waals surface area contributed by atoms with Crippen LogP contribution in [0.25, 0.3) is 11.2 Å². The summed E-state index contributed by atoms with van der Waals surface area (Å²) in [4.78, 5) is 42.8. The first-order valence-electron chi connectivity index (χ1n) is 8.80. The molecule has 0 aromatic carbocycles. The van der Waals surface area contributed by atoms with Gasteiger partial charge in [0.25, 0.3) is 5.56 Å². The Morgan fingerprint density at radius 2 is 1.97 bits per heavy atom. The van der Waals surface area contributed by atoms with Gasteiger partial charge >= 0.3 is 18.1 Å². The van der Waals surface area contributed by atoms with Crippen LogP contribution in [-0.2, 0) is 25.8 Å². The number of alkyl halides is 3. The van der Waals surface area contributed by atoms with Gasteiger partial charge in [0.2, 0.25) is 5.95 Å². The summed E-state index contributed by atoms with van der Waals surface area (Å²) in [6.45, 7) is 4.32. The molecule has 174 valence electrons. The number of H-pyrrole nitrogens is 1. The normalized spacial score (nSPS) is 12.4. The molecule has 0 aliphatic rings. The van der Waals surface area contributed by atoms with Gasteiger partial charge in [-0.25, -0.2) is 9.78 Å². The van der Waals surface area contributed by atoms with Crippen molar-refractivity contribution in [1.82, 2.24) is 24.8 Å². The number of ether oxygens (including phenoxy) is 2. The number of aromatic nitrogens is 4. The van der Waals surface area contributed by atoms with Gasteiger partial charge in [-0.3, -0.25) is 19.1 Å². The van der Waals surface area contributed by atoms with E-state index in [9.17, 15) is 22.8 Å². The number of hydrogen-bond acceptors (Lipinski definition) is 9. The van der Waals surface area contributed by atoms with Crippen molar-refractivity contribution < 1.29 is 37.3 Å². The Morgan fingerprint density at radius 1 is 1.35 bits per heavy atom. The average molecular weight is 452 g/mol. The number of nitrogens with two attached hydrogens (primary N) is 1. The van der Waals surface area contributed by atoms with Crippen LogP contribution in [0, 0.1) is 5.92 Å². The zero-order chi connectivity index (χ0) is 23.8. The zero-order valence-electron chi connectivity index (χ0n) is 16.9. The quantitative estimate of drug-likeness (QED) is 0.317. The number of aromatic amines is 1. The Kier molecular flexibility index (Phi) is 9.39. The molecular weight excluding hydrogens is 429 g/mol. The summed E-state index contributed by atoms with van der Waals surface area (Å²) < 4.78 is 43.9. The Morgan fingerprint density at radius 3 is 2.48 bits per heavy atom. The van der Waals surface area contributed by atoms with Crippen LogP contribution in [-0.4, -0.2) is 69.0 Å². The van der Waals surface area contributed by atoms with Crippen molar-refractivity contribution in [2.45, 2.75) is 32.8 Å².